The van der Waals surface area contributed by atoms with Gasteiger partial charge in [0.1, 0.15) is 22.7 Å². The van der Waals surface area contributed by atoms with Crippen LogP contribution in [0.1, 0.15) is 49.9 Å². The molecule has 11 rings (SSSR count). The summed E-state index contributed by atoms with van der Waals surface area (Å²) in [6.45, 7) is 9.36. The van der Waals surface area contributed by atoms with Crippen molar-refractivity contribution in [2.45, 2.75) is 38.5 Å². The fourth-order valence-electron chi connectivity index (χ4n) is 9.55. The Labute approximate surface area is 290 Å². The molecule has 0 saturated carbocycles. The minimum atomic E-state index is -0.260. The molecule has 0 unspecified atom stereocenters. The lowest BCUT2D eigenvalue weighted by atomic mass is 9.78. The van der Waals surface area contributed by atoms with Crippen LogP contribution >= 0.6 is 0 Å². The minimum Gasteiger partial charge on any atom is -0.456 e. The van der Waals surface area contributed by atoms with E-state index in [9.17, 15) is 0 Å². The Hall–Kier alpha value is -5.86. The van der Waals surface area contributed by atoms with E-state index in [2.05, 4.69) is 161 Å². The van der Waals surface area contributed by atoms with Crippen molar-refractivity contribution in [1.82, 2.24) is 0 Å². The highest BCUT2D eigenvalue weighted by molar-refractivity contribution is 6.21. The molecule has 0 N–H and O–H groups in total. The minimum absolute atomic E-state index is 0.188. The van der Waals surface area contributed by atoms with Crippen LogP contribution in [0.15, 0.2) is 142 Å². The number of rotatable bonds is 2. The Morgan fingerprint density at radius 2 is 0.820 bits per heavy atom. The lowest BCUT2D eigenvalue weighted by Crippen LogP contribution is -2.17. The van der Waals surface area contributed by atoms with Crippen LogP contribution < -0.4 is 0 Å². The summed E-state index contributed by atoms with van der Waals surface area (Å²) in [6, 6.07) is 48.6. The maximum absolute atomic E-state index is 6.85. The molecule has 9 aromatic rings. The molecule has 50 heavy (non-hydrogen) atoms. The molecule has 2 aliphatic rings. The van der Waals surface area contributed by atoms with Gasteiger partial charge in [0.15, 0.2) is 0 Å². The topological polar surface area (TPSA) is 26.3 Å². The molecule has 0 radical (unpaired) electrons. The van der Waals surface area contributed by atoms with Crippen LogP contribution in [0.3, 0.4) is 0 Å². The zero-order valence-corrected chi connectivity index (χ0v) is 28.5. The largest absolute Gasteiger partial charge is 0.456 e. The predicted molar refractivity (Wildman–Crippen MR) is 207 cm³/mol. The Balaban J connectivity index is 1.14. The van der Waals surface area contributed by atoms with E-state index in [0.29, 0.717) is 0 Å². The smallest absolute Gasteiger partial charge is 0.139 e. The number of fused-ring (bicyclic) bond motifs is 12. The molecule has 2 heteroatoms. The fourth-order valence-corrected chi connectivity index (χ4v) is 9.55. The highest BCUT2D eigenvalue weighted by atomic mass is 16.3. The second-order valence-electron chi connectivity index (χ2n) is 15.2. The molecule has 238 valence electrons. The number of hydrogen-bond acceptors (Lipinski definition) is 2. The van der Waals surface area contributed by atoms with E-state index in [-0.39, 0.29) is 10.8 Å². The van der Waals surface area contributed by atoms with Crippen molar-refractivity contribution in [3.8, 4) is 44.9 Å². The highest BCUT2D eigenvalue weighted by Crippen LogP contribution is 2.59. The molecule has 0 saturated heterocycles. The normalized spacial score (nSPS) is 15.1. The van der Waals surface area contributed by atoms with E-state index >= 15 is 0 Å². The summed E-state index contributed by atoms with van der Waals surface area (Å²) in [5.41, 5.74) is 14.0. The zero-order chi connectivity index (χ0) is 33.5. The summed E-state index contributed by atoms with van der Waals surface area (Å²) in [7, 11) is 0. The average molecular weight is 643 g/mol. The molecule has 0 atom stereocenters. The van der Waals surface area contributed by atoms with Gasteiger partial charge in [-0.1, -0.05) is 131 Å². The second kappa shape index (κ2) is 9.43. The lowest BCUT2D eigenvalue weighted by Gasteiger charge is -2.24. The van der Waals surface area contributed by atoms with Crippen molar-refractivity contribution in [2.24, 2.45) is 0 Å². The standard InChI is InChI=1S/C48H34O2/c1-47(2)37-26-35-38(25-34(37)45-43(47)33-20-12-13-21-39(33)49-45)48(3,4)44-36-24-28(22-23-40(36)50-46(35)44)42-31-18-10-8-16-29(31)41(27-14-6-5-7-15-27)30-17-9-11-19-32(30)42/h5-26H,1-4H3. The van der Waals surface area contributed by atoms with Gasteiger partial charge < -0.3 is 8.83 Å². The highest BCUT2D eigenvalue weighted by Gasteiger charge is 2.46. The predicted octanol–water partition coefficient (Wildman–Crippen LogP) is 13.4. The molecule has 0 amide bonds. The van der Waals surface area contributed by atoms with Crippen LogP contribution in [0.4, 0.5) is 0 Å². The van der Waals surface area contributed by atoms with Crippen LogP contribution in [0.25, 0.3) is 88.4 Å². The molecule has 2 aromatic heterocycles. The van der Waals surface area contributed by atoms with Gasteiger partial charge in [-0.3, -0.25) is 0 Å². The summed E-state index contributed by atoms with van der Waals surface area (Å²) in [6.07, 6.45) is 0. The molecule has 0 fully saturated rings. The molecule has 2 heterocycles. The van der Waals surface area contributed by atoms with Gasteiger partial charge in [0, 0.05) is 43.9 Å². The third kappa shape index (κ3) is 3.43. The lowest BCUT2D eigenvalue weighted by molar-refractivity contribution is 0.617. The quantitative estimate of drug-likeness (QED) is 0.175. The second-order valence-corrected chi connectivity index (χ2v) is 15.2. The van der Waals surface area contributed by atoms with E-state index in [0.717, 1.165) is 22.7 Å². The molecule has 2 nitrogen and oxygen atoms in total. The molecule has 0 bridgehead atoms. The molecule has 0 aliphatic heterocycles. The van der Waals surface area contributed by atoms with Gasteiger partial charge in [-0.25, -0.2) is 0 Å². The van der Waals surface area contributed by atoms with Gasteiger partial charge in [0.25, 0.3) is 0 Å². The average Bonchev–Trinajstić information content (AvgIpc) is 3.83. The SMILES string of the molecule is CC1(C)c2cc3c(cc2-c2oc4ccccc4c21)C(C)(C)c1c-3oc2ccc(-c3c4ccccc4c(-c4ccccc4)c4ccccc34)cc12. The first kappa shape index (κ1) is 28.0. The Bertz CT molecular complexity index is 2860. The van der Waals surface area contributed by atoms with Crippen molar-refractivity contribution in [1.29, 1.82) is 0 Å². The summed E-state index contributed by atoms with van der Waals surface area (Å²) in [5, 5.41) is 7.43. The van der Waals surface area contributed by atoms with E-state index in [1.54, 1.807) is 0 Å². The van der Waals surface area contributed by atoms with Gasteiger partial charge >= 0.3 is 0 Å². The molecule has 2 aliphatic carbocycles. The molecular formula is C48H34O2. The van der Waals surface area contributed by atoms with Gasteiger partial charge in [-0.05, 0) is 85.3 Å². The Kier molecular flexibility index (Phi) is 5.28. The van der Waals surface area contributed by atoms with Crippen molar-refractivity contribution < 1.29 is 8.83 Å². The van der Waals surface area contributed by atoms with E-state index in [1.165, 1.54) is 88.0 Å². The number of hydrogen-bond donors (Lipinski definition) is 0. The van der Waals surface area contributed by atoms with Gasteiger partial charge in [-0.15, -0.1) is 0 Å². The van der Waals surface area contributed by atoms with Gasteiger partial charge in [-0.2, -0.15) is 0 Å². The van der Waals surface area contributed by atoms with Crippen molar-refractivity contribution in [2.75, 3.05) is 0 Å². The summed E-state index contributed by atoms with van der Waals surface area (Å²) >= 11 is 0. The zero-order valence-electron chi connectivity index (χ0n) is 28.5. The van der Waals surface area contributed by atoms with E-state index < -0.39 is 0 Å². The maximum atomic E-state index is 6.85. The van der Waals surface area contributed by atoms with Crippen molar-refractivity contribution >= 4 is 43.5 Å². The summed E-state index contributed by atoms with van der Waals surface area (Å²) in [4.78, 5) is 0. The van der Waals surface area contributed by atoms with Crippen LogP contribution in [-0.2, 0) is 10.8 Å². The first-order valence-electron chi connectivity index (χ1n) is 17.6. The number of furan rings is 2. The van der Waals surface area contributed by atoms with Crippen molar-refractivity contribution in [3.05, 3.63) is 156 Å². The van der Waals surface area contributed by atoms with Crippen LogP contribution in [-0.4, -0.2) is 0 Å². The fraction of sp³-hybridized carbons (Fsp3) is 0.125. The van der Waals surface area contributed by atoms with Crippen molar-refractivity contribution in [3.63, 3.8) is 0 Å². The third-order valence-corrected chi connectivity index (χ3v) is 11.8. The van der Waals surface area contributed by atoms with Crippen LogP contribution in [0.5, 0.6) is 0 Å². The van der Waals surface area contributed by atoms with Crippen LogP contribution in [0.2, 0.25) is 0 Å². The Morgan fingerprint density at radius 1 is 0.380 bits per heavy atom. The number of para-hydroxylation sites is 1. The number of benzene rings is 7. The summed E-state index contributed by atoms with van der Waals surface area (Å²) in [5.74, 6) is 2.01. The van der Waals surface area contributed by atoms with Gasteiger partial charge in [0.05, 0.1) is 0 Å². The monoisotopic (exact) mass is 642 g/mol. The van der Waals surface area contributed by atoms with Gasteiger partial charge in [0.2, 0.25) is 0 Å². The Morgan fingerprint density at radius 3 is 1.38 bits per heavy atom. The maximum Gasteiger partial charge on any atom is 0.139 e. The molecular weight excluding hydrogens is 609 g/mol. The molecule has 0 spiro atoms. The summed E-state index contributed by atoms with van der Waals surface area (Å²) < 4.78 is 13.4. The first-order valence-corrected chi connectivity index (χ1v) is 17.6. The van der Waals surface area contributed by atoms with E-state index in [4.69, 9.17) is 8.83 Å². The molecule has 7 aromatic carbocycles. The third-order valence-electron chi connectivity index (χ3n) is 11.8. The first-order chi connectivity index (χ1) is 24.3. The van der Waals surface area contributed by atoms with E-state index in [1.807, 2.05) is 0 Å². The van der Waals surface area contributed by atoms with Crippen LogP contribution in [0, 0.1) is 0 Å².